The Morgan fingerprint density at radius 1 is 1.35 bits per heavy atom. The van der Waals surface area contributed by atoms with Crippen molar-refractivity contribution in [1.29, 1.82) is 5.41 Å². The number of hydrogen-bond donors (Lipinski definition) is 4. The fourth-order valence-corrected chi connectivity index (χ4v) is 4.07. The minimum Gasteiger partial charge on any atom is -0.342 e. The molecule has 1 saturated heterocycles. The van der Waals surface area contributed by atoms with Crippen LogP contribution in [0.25, 0.3) is 0 Å². The van der Waals surface area contributed by atoms with E-state index in [0.29, 0.717) is 12.3 Å². The normalized spacial score (nSPS) is 28.6. The van der Waals surface area contributed by atoms with Crippen LogP contribution in [0.3, 0.4) is 0 Å². The number of likely N-dealkylation sites (N-methyl/N-ethyl adjacent to an activating group) is 1. The van der Waals surface area contributed by atoms with E-state index in [-0.39, 0.29) is 23.9 Å². The lowest BCUT2D eigenvalue weighted by atomic mass is 9.78. The van der Waals surface area contributed by atoms with Crippen molar-refractivity contribution in [2.24, 2.45) is 5.92 Å². The van der Waals surface area contributed by atoms with Gasteiger partial charge in [-0.25, -0.2) is 4.79 Å². The second kappa shape index (κ2) is 7.35. The van der Waals surface area contributed by atoms with E-state index in [1.165, 1.54) is 4.90 Å². The summed E-state index contributed by atoms with van der Waals surface area (Å²) in [6, 6.07) is 9.30. The van der Waals surface area contributed by atoms with Gasteiger partial charge < -0.3 is 16.0 Å². The molecule has 0 aromatic heterocycles. The zero-order valence-electron chi connectivity index (χ0n) is 15.3. The second-order valence-corrected chi connectivity index (χ2v) is 7.57. The van der Waals surface area contributed by atoms with Crippen molar-refractivity contribution in [2.75, 3.05) is 12.4 Å². The molecule has 1 unspecified atom stereocenters. The maximum absolute atomic E-state index is 12.4. The van der Waals surface area contributed by atoms with Gasteiger partial charge in [0.05, 0.1) is 0 Å². The predicted molar refractivity (Wildman–Crippen MR) is 101 cm³/mol. The van der Waals surface area contributed by atoms with E-state index in [9.17, 15) is 9.59 Å². The summed E-state index contributed by atoms with van der Waals surface area (Å²) in [7, 11) is 1.63. The molecule has 3 atom stereocenters. The molecule has 1 heterocycles. The summed E-state index contributed by atoms with van der Waals surface area (Å²) in [6.07, 6.45) is 4.55. The number of hydrogen-bond acceptors (Lipinski definition) is 3. The number of anilines is 1. The molecule has 140 valence electrons. The number of rotatable bonds is 4. The highest BCUT2D eigenvalue weighted by Crippen LogP contribution is 2.33. The monoisotopic (exact) mass is 357 g/mol. The number of guanidine groups is 1. The summed E-state index contributed by atoms with van der Waals surface area (Å²) in [6.45, 7) is 1.87. The molecule has 0 spiro atoms. The summed E-state index contributed by atoms with van der Waals surface area (Å²) >= 11 is 0. The first kappa shape index (κ1) is 18.2. The number of para-hydroxylation sites is 1. The highest BCUT2D eigenvalue weighted by molar-refractivity contribution is 6.07. The number of urea groups is 1. The van der Waals surface area contributed by atoms with Gasteiger partial charge in [-0.15, -0.1) is 0 Å². The van der Waals surface area contributed by atoms with Crippen molar-refractivity contribution < 1.29 is 9.59 Å². The van der Waals surface area contributed by atoms with Crippen LogP contribution < -0.4 is 16.0 Å². The van der Waals surface area contributed by atoms with Gasteiger partial charge >= 0.3 is 6.03 Å². The van der Waals surface area contributed by atoms with E-state index in [2.05, 4.69) is 16.0 Å². The van der Waals surface area contributed by atoms with Crippen LogP contribution in [0.5, 0.6) is 0 Å². The molecule has 1 saturated carbocycles. The molecule has 1 aliphatic carbocycles. The van der Waals surface area contributed by atoms with E-state index in [4.69, 9.17) is 5.41 Å². The lowest BCUT2D eigenvalue weighted by molar-refractivity contribution is -0.130. The van der Waals surface area contributed by atoms with Crippen LogP contribution in [-0.2, 0) is 4.79 Å². The summed E-state index contributed by atoms with van der Waals surface area (Å²) in [4.78, 5) is 26.0. The van der Waals surface area contributed by atoms with Crippen molar-refractivity contribution in [1.82, 2.24) is 15.5 Å². The van der Waals surface area contributed by atoms with Crippen LogP contribution in [0.2, 0.25) is 0 Å². The van der Waals surface area contributed by atoms with Gasteiger partial charge in [-0.05, 0) is 44.2 Å². The molecule has 0 radical (unpaired) electrons. The lowest BCUT2D eigenvalue weighted by Gasteiger charge is -2.34. The van der Waals surface area contributed by atoms with E-state index < -0.39 is 5.54 Å². The minimum atomic E-state index is -0.718. The third-order valence-corrected chi connectivity index (χ3v) is 5.35. The van der Waals surface area contributed by atoms with E-state index in [0.717, 1.165) is 31.4 Å². The molecule has 1 aromatic carbocycles. The molecule has 1 aliphatic heterocycles. The van der Waals surface area contributed by atoms with Crippen LogP contribution >= 0.6 is 0 Å². The van der Waals surface area contributed by atoms with Gasteiger partial charge in [0, 0.05) is 18.8 Å². The quantitative estimate of drug-likeness (QED) is 0.666. The van der Waals surface area contributed by atoms with Gasteiger partial charge in [0.25, 0.3) is 5.91 Å². The number of nitrogens with one attached hydrogen (secondary N) is 4. The fourth-order valence-electron chi connectivity index (χ4n) is 4.07. The van der Waals surface area contributed by atoms with Gasteiger partial charge in [-0.2, -0.15) is 0 Å². The van der Waals surface area contributed by atoms with Gasteiger partial charge in [-0.3, -0.25) is 15.1 Å². The third-order valence-electron chi connectivity index (χ3n) is 5.35. The molecule has 1 aromatic rings. The average molecular weight is 357 g/mol. The summed E-state index contributed by atoms with van der Waals surface area (Å²) < 4.78 is 0. The molecular weight excluding hydrogens is 330 g/mol. The molecule has 3 rings (SSSR count). The first-order valence-corrected chi connectivity index (χ1v) is 9.15. The van der Waals surface area contributed by atoms with E-state index in [1.807, 2.05) is 37.3 Å². The summed E-state index contributed by atoms with van der Waals surface area (Å²) in [5.41, 5.74) is 0.0530. The predicted octanol–water partition coefficient (Wildman–Crippen LogP) is 2.51. The van der Waals surface area contributed by atoms with Gasteiger partial charge in [0.2, 0.25) is 0 Å². The topological polar surface area (TPSA) is 97.3 Å². The zero-order valence-corrected chi connectivity index (χ0v) is 15.3. The summed E-state index contributed by atoms with van der Waals surface area (Å²) in [5.74, 6) is 0.441. The van der Waals surface area contributed by atoms with Gasteiger partial charge in [0.15, 0.2) is 5.96 Å². The van der Waals surface area contributed by atoms with Crippen molar-refractivity contribution in [2.45, 2.75) is 50.6 Å². The average Bonchev–Trinajstić information content (AvgIpc) is 2.79. The van der Waals surface area contributed by atoms with Crippen molar-refractivity contribution in [3.8, 4) is 0 Å². The highest BCUT2D eigenvalue weighted by Gasteiger charge is 2.45. The Morgan fingerprint density at radius 2 is 2.08 bits per heavy atom. The number of carbonyl (C=O) groups excluding carboxylic acids is 2. The fraction of sp³-hybridized carbons (Fsp3) is 0.526. The van der Waals surface area contributed by atoms with Crippen LogP contribution in [0.15, 0.2) is 30.3 Å². The Balaban J connectivity index is 1.53. The SMILES string of the molecule is CN1C(=N)NC(C)(C[C@H]2CCC[C@@H](NC(=O)Nc3ccccc3)C2)C1=O. The Labute approximate surface area is 154 Å². The molecular formula is C19H27N5O2. The van der Waals surface area contributed by atoms with Crippen molar-refractivity contribution in [3.63, 3.8) is 0 Å². The number of amides is 3. The molecule has 7 heteroatoms. The maximum Gasteiger partial charge on any atom is 0.319 e. The molecule has 2 fully saturated rings. The highest BCUT2D eigenvalue weighted by atomic mass is 16.2. The van der Waals surface area contributed by atoms with Crippen LogP contribution in [0.4, 0.5) is 10.5 Å². The van der Waals surface area contributed by atoms with Crippen LogP contribution in [0, 0.1) is 11.3 Å². The largest absolute Gasteiger partial charge is 0.342 e. The van der Waals surface area contributed by atoms with Crippen molar-refractivity contribution in [3.05, 3.63) is 30.3 Å². The smallest absolute Gasteiger partial charge is 0.319 e. The van der Waals surface area contributed by atoms with Crippen LogP contribution in [-0.4, -0.2) is 41.4 Å². The summed E-state index contributed by atoms with van der Waals surface area (Å²) in [5, 5.41) is 16.8. The first-order valence-electron chi connectivity index (χ1n) is 9.15. The third kappa shape index (κ3) is 3.98. The lowest BCUT2D eigenvalue weighted by Crippen LogP contribution is -2.47. The maximum atomic E-state index is 12.4. The second-order valence-electron chi connectivity index (χ2n) is 7.57. The molecule has 4 N–H and O–H groups in total. The molecule has 0 bridgehead atoms. The van der Waals surface area contributed by atoms with Crippen molar-refractivity contribution >= 4 is 23.6 Å². The number of nitrogens with zero attached hydrogens (tertiary/aromatic N) is 1. The van der Waals surface area contributed by atoms with E-state index >= 15 is 0 Å². The number of benzene rings is 1. The number of carbonyl (C=O) groups is 2. The Morgan fingerprint density at radius 3 is 2.73 bits per heavy atom. The Hall–Kier alpha value is -2.57. The van der Waals surface area contributed by atoms with Gasteiger partial charge in [-0.1, -0.05) is 31.0 Å². The first-order chi connectivity index (χ1) is 12.4. The van der Waals surface area contributed by atoms with Crippen LogP contribution in [0.1, 0.15) is 39.0 Å². The Kier molecular flexibility index (Phi) is 5.15. The molecule has 7 nitrogen and oxygen atoms in total. The molecule has 2 aliphatic rings. The molecule has 3 amide bonds. The minimum absolute atomic E-state index is 0.0561. The molecule has 26 heavy (non-hydrogen) atoms. The van der Waals surface area contributed by atoms with E-state index in [1.54, 1.807) is 7.05 Å². The zero-order chi connectivity index (χ0) is 18.7. The van der Waals surface area contributed by atoms with Gasteiger partial charge in [0.1, 0.15) is 5.54 Å². The Bertz CT molecular complexity index is 692. The standard InChI is InChI=1S/C19H27N5O2/c1-19(16(25)24(2)17(20)23-19)12-13-7-6-10-15(11-13)22-18(26)21-14-8-4-3-5-9-14/h3-5,8-9,13,15H,6-7,10-12H2,1-2H3,(H2,20,23)(H2,21,22,26)/t13-,15+,19?/m0/s1.